The molecule has 20 heavy (non-hydrogen) atoms. The molecule has 0 saturated carbocycles. The van der Waals surface area contributed by atoms with Gasteiger partial charge in [-0.25, -0.2) is 0 Å². The number of amides is 1. The van der Waals surface area contributed by atoms with Gasteiger partial charge in [-0.1, -0.05) is 48.0 Å². The number of hydrogen-bond donors (Lipinski definition) is 2. The van der Waals surface area contributed by atoms with E-state index < -0.39 is 12.0 Å². The van der Waals surface area contributed by atoms with E-state index in [9.17, 15) is 9.90 Å². The van der Waals surface area contributed by atoms with Gasteiger partial charge in [0.15, 0.2) is 0 Å². The monoisotopic (exact) mass is 289 g/mol. The zero-order chi connectivity index (χ0) is 14.5. The Bertz CT molecular complexity index is 596. The van der Waals surface area contributed by atoms with E-state index in [-0.39, 0.29) is 6.42 Å². The van der Waals surface area contributed by atoms with Gasteiger partial charge in [0.2, 0.25) is 5.91 Å². The Morgan fingerprint density at radius 2 is 1.85 bits per heavy atom. The van der Waals surface area contributed by atoms with Crippen molar-refractivity contribution in [3.8, 4) is 11.1 Å². The van der Waals surface area contributed by atoms with Crippen LogP contribution in [-0.2, 0) is 4.79 Å². The van der Waals surface area contributed by atoms with Crippen LogP contribution in [0.2, 0.25) is 5.02 Å². The largest absolute Gasteiger partial charge is 0.388 e. The van der Waals surface area contributed by atoms with Crippen LogP contribution in [0.3, 0.4) is 0 Å². The van der Waals surface area contributed by atoms with Gasteiger partial charge < -0.3 is 10.8 Å². The lowest BCUT2D eigenvalue weighted by Crippen LogP contribution is -2.12. The summed E-state index contributed by atoms with van der Waals surface area (Å²) >= 11 is 5.96. The second kappa shape index (κ2) is 6.55. The molecule has 1 unspecified atom stereocenters. The van der Waals surface area contributed by atoms with Gasteiger partial charge in [-0.3, -0.25) is 4.79 Å². The first-order chi connectivity index (χ1) is 9.56. The van der Waals surface area contributed by atoms with Crippen LogP contribution in [0.25, 0.3) is 11.1 Å². The molecule has 0 radical (unpaired) electrons. The van der Waals surface area contributed by atoms with E-state index in [0.717, 1.165) is 16.7 Å². The molecule has 0 aliphatic heterocycles. The highest BCUT2D eigenvalue weighted by Crippen LogP contribution is 2.25. The second-order valence-electron chi connectivity index (χ2n) is 4.65. The standard InChI is InChI=1S/C16H16ClNO2/c17-14-3-1-2-13(10-14)11-4-6-12(7-5-11)15(19)8-9-16(18)20/h1-7,10,15,19H,8-9H2,(H2,18,20). The number of aliphatic hydroxyl groups excluding tert-OH is 1. The summed E-state index contributed by atoms with van der Waals surface area (Å²) < 4.78 is 0. The van der Waals surface area contributed by atoms with Crippen LogP contribution in [-0.4, -0.2) is 11.0 Å². The topological polar surface area (TPSA) is 63.3 Å². The summed E-state index contributed by atoms with van der Waals surface area (Å²) in [5.74, 6) is -0.403. The minimum Gasteiger partial charge on any atom is -0.388 e. The van der Waals surface area contributed by atoms with E-state index in [4.69, 9.17) is 17.3 Å². The Kier molecular flexibility index (Phi) is 4.77. The fourth-order valence-corrected chi connectivity index (χ4v) is 2.20. The molecule has 0 saturated heterocycles. The molecule has 0 bridgehead atoms. The van der Waals surface area contributed by atoms with Gasteiger partial charge in [-0.05, 0) is 35.2 Å². The highest BCUT2D eigenvalue weighted by Gasteiger charge is 2.09. The van der Waals surface area contributed by atoms with E-state index >= 15 is 0 Å². The Hall–Kier alpha value is -1.84. The third-order valence-electron chi connectivity index (χ3n) is 3.12. The molecule has 0 aliphatic rings. The number of nitrogens with two attached hydrogens (primary N) is 1. The Balaban J connectivity index is 2.12. The summed E-state index contributed by atoms with van der Waals surface area (Å²) in [6.07, 6.45) is -0.154. The zero-order valence-electron chi connectivity index (χ0n) is 10.9. The summed E-state index contributed by atoms with van der Waals surface area (Å²) in [7, 11) is 0. The number of carbonyl (C=O) groups excluding carboxylic acids is 1. The Labute approximate surface area is 123 Å². The van der Waals surface area contributed by atoms with Crippen LogP contribution >= 0.6 is 11.6 Å². The van der Waals surface area contributed by atoms with E-state index in [1.807, 2.05) is 48.5 Å². The van der Waals surface area contributed by atoms with E-state index in [0.29, 0.717) is 11.4 Å². The fraction of sp³-hybridized carbons (Fsp3) is 0.188. The van der Waals surface area contributed by atoms with Gasteiger partial charge in [0.1, 0.15) is 0 Å². The van der Waals surface area contributed by atoms with Gasteiger partial charge in [0, 0.05) is 11.4 Å². The molecular formula is C16H16ClNO2. The molecule has 1 atom stereocenters. The van der Waals surface area contributed by atoms with Crippen LogP contribution < -0.4 is 5.73 Å². The summed E-state index contributed by atoms with van der Waals surface area (Å²) in [5, 5.41) is 10.6. The van der Waals surface area contributed by atoms with Crippen molar-refractivity contribution in [2.75, 3.05) is 0 Å². The van der Waals surface area contributed by atoms with Crippen LogP contribution in [0.5, 0.6) is 0 Å². The first kappa shape index (κ1) is 14.6. The SMILES string of the molecule is NC(=O)CCC(O)c1ccc(-c2cccc(Cl)c2)cc1. The Morgan fingerprint density at radius 1 is 1.15 bits per heavy atom. The number of primary amides is 1. The lowest BCUT2D eigenvalue weighted by Gasteiger charge is -2.11. The van der Waals surface area contributed by atoms with Crippen molar-refractivity contribution in [3.63, 3.8) is 0 Å². The van der Waals surface area contributed by atoms with Crippen molar-refractivity contribution in [1.82, 2.24) is 0 Å². The molecule has 2 rings (SSSR count). The van der Waals surface area contributed by atoms with Crippen LogP contribution in [0.15, 0.2) is 48.5 Å². The summed E-state index contributed by atoms with van der Waals surface area (Å²) in [5.41, 5.74) is 7.90. The number of aliphatic hydroxyl groups is 1. The molecule has 2 aromatic rings. The molecule has 1 amide bonds. The van der Waals surface area contributed by atoms with Gasteiger partial charge in [0.25, 0.3) is 0 Å². The Morgan fingerprint density at radius 3 is 2.45 bits per heavy atom. The average Bonchev–Trinajstić information content (AvgIpc) is 2.45. The molecule has 0 heterocycles. The van der Waals surface area contributed by atoms with E-state index in [1.165, 1.54) is 0 Å². The van der Waals surface area contributed by atoms with Crippen LogP contribution in [0, 0.1) is 0 Å². The minimum absolute atomic E-state index is 0.178. The van der Waals surface area contributed by atoms with Gasteiger partial charge in [0.05, 0.1) is 6.10 Å². The van der Waals surface area contributed by atoms with Crippen molar-refractivity contribution >= 4 is 17.5 Å². The van der Waals surface area contributed by atoms with Crippen molar-refractivity contribution in [2.24, 2.45) is 5.73 Å². The fourth-order valence-electron chi connectivity index (χ4n) is 2.01. The second-order valence-corrected chi connectivity index (χ2v) is 5.09. The molecule has 0 aliphatic carbocycles. The number of hydrogen-bond acceptors (Lipinski definition) is 2. The van der Waals surface area contributed by atoms with Crippen LogP contribution in [0.1, 0.15) is 24.5 Å². The quantitative estimate of drug-likeness (QED) is 0.887. The van der Waals surface area contributed by atoms with Gasteiger partial charge in [-0.2, -0.15) is 0 Å². The number of rotatable bonds is 5. The van der Waals surface area contributed by atoms with Crippen LogP contribution in [0.4, 0.5) is 0 Å². The summed E-state index contributed by atoms with van der Waals surface area (Å²) in [4.78, 5) is 10.7. The zero-order valence-corrected chi connectivity index (χ0v) is 11.7. The maximum absolute atomic E-state index is 10.7. The average molecular weight is 290 g/mol. The highest BCUT2D eigenvalue weighted by molar-refractivity contribution is 6.30. The molecule has 104 valence electrons. The van der Waals surface area contributed by atoms with Gasteiger partial charge in [-0.15, -0.1) is 0 Å². The van der Waals surface area contributed by atoms with Crippen molar-refractivity contribution < 1.29 is 9.90 Å². The van der Waals surface area contributed by atoms with E-state index in [2.05, 4.69) is 0 Å². The third-order valence-corrected chi connectivity index (χ3v) is 3.35. The predicted octanol–water partition coefficient (Wildman–Crippen LogP) is 3.31. The van der Waals surface area contributed by atoms with Gasteiger partial charge >= 0.3 is 0 Å². The molecule has 3 nitrogen and oxygen atoms in total. The molecule has 0 aromatic heterocycles. The number of halogens is 1. The third kappa shape index (κ3) is 3.83. The number of benzene rings is 2. The highest BCUT2D eigenvalue weighted by atomic mass is 35.5. The smallest absolute Gasteiger partial charge is 0.217 e. The maximum Gasteiger partial charge on any atom is 0.217 e. The first-order valence-corrected chi connectivity index (χ1v) is 6.76. The molecule has 0 fully saturated rings. The lowest BCUT2D eigenvalue weighted by molar-refractivity contribution is -0.118. The molecular weight excluding hydrogens is 274 g/mol. The van der Waals surface area contributed by atoms with Crippen molar-refractivity contribution in [2.45, 2.75) is 18.9 Å². The molecule has 2 aromatic carbocycles. The lowest BCUT2D eigenvalue weighted by atomic mass is 10.00. The first-order valence-electron chi connectivity index (χ1n) is 6.38. The van der Waals surface area contributed by atoms with Crippen molar-refractivity contribution in [3.05, 3.63) is 59.1 Å². The predicted molar refractivity (Wildman–Crippen MR) is 80.3 cm³/mol. The normalized spacial score (nSPS) is 12.1. The van der Waals surface area contributed by atoms with Crippen molar-refractivity contribution in [1.29, 1.82) is 0 Å². The maximum atomic E-state index is 10.7. The molecule has 4 heteroatoms. The molecule has 0 spiro atoms. The summed E-state index contributed by atoms with van der Waals surface area (Å²) in [6.45, 7) is 0. The summed E-state index contributed by atoms with van der Waals surface area (Å²) in [6, 6.07) is 15.1. The number of carbonyl (C=O) groups is 1. The molecule has 3 N–H and O–H groups in total. The van der Waals surface area contributed by atoms with E-state index in [1.54, 1.807) is 0 Å². The minimum atomic E-state index is -0.670.